The van der Waals surface area contributed by atoms with Gasteiger partial charge in [0.15, 0.2) is 6.61 Å². The van der Waals surface area contributed by atoms with Crippen molar-refractivity contribution in [2.45, 2.75) is 18.3 Å². The highest BCUT2D eigenvalue weighted by atomic mass is 32.2. The average Bonchev–Trinajstić information content (AvgIpc) is 3.32. The van der Waals surface area contributed by atoms with E-state index >= 15 is 0 Å². The summed E-state index contributed by atoms with van der Waals surface area (Å²) >= 11 is 1.25. The SMILES string of the molecule is O=C(CSc1nnc(COc2ccccc2)o1)N1CCc2ccccc21. The van der Waals surface area contributed by atoms with Gasteiger partial charge in [-0.15, -0.1) is 10.2 Å². The molecule has 0 fully saturated rings. The van der Waals surface area contributed by atoms with Gasteiger partial charge in [-0.05, 0) is 30.2 Å². The molecule has 3 aromatic rings. The molecule has 0 saturated heterocycles. The first-order valence-electron chi connectivity index (χ1n) is 8.31. The van der Waals surface area contributed by atoms with Crippen molar-refractivity contribution in [2.24, 2.45) is 0 Å². The zero-order valence-corrected chi connectivity index (χ0v) is 14.8. The van der Waals surface area contributed by atoms with Crippen molar-refractivity contribution in [3.63, 3.8) is 0 Å². The lowest BCUT2D eigenvalue weighted by atomic mass is 10.2. The Kier molecular flexibility index (Phi) is 4.88. The first-order chi connectivity index (χ1) is 12.8. The van der Waals surface area contributed by atoms with E-state index in [1.165, 1.54) is 17.3 Å². The largest absolute Gasteiger partial charge is 0.484 e. The van der Waals surface area contributed by atoms with E-state index in [0.717, 1.165) is 24.4 Å². The Morgan fingerprint density at radius 2 is 1.92 bits per heavy atom. The molecule has 0 N–H and O–H groups in total. The van der Waals surface area contributed by atoms with E-state index in [1.807, 2.05) is 53.4 Å². The number of hydrogen-bond acceptors (Lipinski definition) is 6. The van der Waals surface area contributed by atoms with Crippen LogP contribution in [-0.4, -0.2) is 28.4 Å². The van der Waals surface area contributed by atoms with Crippen LogP contribution in [0.3, 0.4) is 0 Å². The van der Waals surface area contributed by atoms with Crippen LogP contribution in [0.4, 0.5) is 5.69 Å². The van der Waals surface area contributed by atoms with Crippen molar-refractivity contribution < 1.29 is 13.9 Å². The summed E-state index contributed by atoms with van der Waals surface area (Å²) in [6, 6.07) is 17.4. The Morgan fingerprint density at radius 3 is 2.81 bits per heavy atom. The summed E-state index contributed by atoms with van der Waals surface area (Å²) in [4.78, 5) is 14.3. The number of rotatable bonds is 6. The number of carbonyl (C=O) groups is 1. The molecule has 0 spiro atoms. The molecule has 0 saturated carbocycles. The average molecular weight is 367 g/mol. The molecule has 1 aliphatic rings. The summed E-state index contributed by atoms with van der Waals surface area (Å²) in [5.41, 5.74) is 2.21. The number of thioether (sulfide) groups is 1. The van der Waals surface area contributed by atoms with Crippen molar-refractivity contribution in [2.75, 3.05) is 17.2 Å². The molecule has 0 radical (unpaired) electrons. The highest BCUT2D eigenvalue weighted by Gasteiger charge is 2.24. The molecule has 1 amide bonds. The Balaban J connectivity index is 1.30. The van der Waals surface area contributed by atoms with E-state index in [-0.39, 0.29) is 18.3 Å². The minimum atomic E-state index is 0.0419. The van der Waals surface area contributed by atoms with Crippen molar-refractivity contribution in [1.82, 2.24) is 10.2 Å². The topological polar surface area (TPSA) is 68.5 Å². The van der Waals surface area contributed by atoms with E-state index < -0.39 is 0 Å². The number of hydrogen-bond donors (Lipinski definition) is 0. The van der Waals surface area contributed by atoms with Crippen molar-refractivity contribution in [3.05, 3.63) is 66.1 Å². The van der Waals surface area contributed by atoms with Crippen molar-refractivity contribution in [1.29, 1.82) is 0 Å². The van der Waals surface area contributed by atoms with Gasteiger partial charge in [-0.3, -0.25) is 4.79 Å². The second-order valence-electron chi connectivity index (χ2n) is 5.78. The van der Waals surface area contributed by atoms with Gasteiger partial charge in [-0.1, -0.05) is 48.2 Å². The van der Waals surface area contributed by atoms with Crippen LogP contribution in [0, 0.1) is 0 Å². The van der Waals surface area contributed by atoms with Crippen molar-refractivity contribution in [3.8, 4) is 5.75 Å². The molecule has 132 valence electrons. The number of anilines is 1. The number of nitrogens with zero attached hydrogens (tertiary/aromatic N) is 3. The van der Waals surface area contributed by atoms with Gasteiger partial charge >= 0.3 is 0 Å². The summed E-state index contributed by atoms with van der Waals surface area (Å²) in [6.45, 7) is 0.920. The summed E-state index contributed by atoms with van der Waals surface area (Å²) in [5, 5.41) is 8.29. The molecular formula is C19H17N3O3S. The van der Waals surface area contributed by atoms with Gasteiger partial charge in [0.25, 0.3) is 11.1 Å². The third-order valence-corrected chi connectivity index (χ3v) is 4.86. The quantitative estimate of drug-likeness (QED) is 0.623. The van der Waals surface area contributed by atoms with E-state index in [0.29, 0.717) is 11.1 Å². The van der Waals surface area contributed by atoms with Crippen molar-refractivity contribution >= 4 is 23.4 Å². The number of amides is 1. The number of benzene rings is 2. The van der Waals surface area contributed by atoms with Gasteiger partial charge < -0.3 is 14.1 Å². The first-order valence-corrected chi connectivity index (χ1v) is 9.29. The Morgan fingerprint density at radius 1 is 1.12 bits per heavy atom. The third kappa shape index (κ3) is 3.72. The summed E-state index contributed by atoms with van der Waals surface area (Å²) in [6.07, 6.45) is 0.897. The van der Waals surface area contributed by atoms with Gasteiger partial charge in [0.2, 0.25) is 5.91 Å². The normalized spacial score (nSPS) is 12.8. The minimum absolute atomic E-state index is 0.0419. The maximum Gasteiger partial charge on any atom is 0.277 e. The molecule has 4 rings (SSSR count). The second-order valence-corrected chi connectivity index (χ2v) is 6.70. The number of carbonyl (C=O) groups excluding carboxylic acids is 1. The van der Waals surface area contributed by atoms with Crippen LogP contribution in [0.5, 0.6) is 5.75 Å². The molecule has 1 aromatic heterocycles. The molecule has 6 nitrogen and oxygen atoms in total. The summed E-state index contributed by atoms with van der Waals surface area (Å²) < 4.78 is 11.1. The number of fused-ring (bicyclic) bond motifs is 1. The predicted octanol–water partition coefficient (Wildman–Crippen LogP) is 3.33. The van der Waals surface area contributed by atoms with Gasteiger partial charge in [-0.2, -0.15) is 0 Å². The molecule has 0 bridgehead atoms. The van der Waals surface area contributed by atoms with Crippen LogP contribution in [0.25, 0.3) is 0 Å². The number of ether oxygens (including phenoxy) is 1. The zero-order valence-electron chi connectivity index (χ0n) is 14.0. The Labute approximate surface area is 155 Å². The maximum absolute atomic E-state index is 12.5. The Hall–Kier alpha value is -2.80. The van der Waals surface area contributed by atoms with Crippen LogP contribution in [-0.2, 0) is 17.8 Å². The molecule has 7 heteroatoms. The van der Waals surface area contributed by atoms with Gasteiger partial charge in [0.1, 0.15) is 5.75 Å². The van der Waals surface area contributed by atoms with Gasteiger partial charge in [0, 0.05) is 12.2 Å². The van der Waals surface area contributed by atoms with Crippen LogP contribution in [0.15, 0.2) is 64.2 Å². The zero-order chi connectivity index (χ0) is 17.8. The van der Waals surface area contributed by atoms with E-state index in [9.17, 15) is 4.79 Å². The highest BCUT2D eigenvalue weighted by molar-refractivity contribution is 7.99. The second kappa shape index (κ2) is 7.61. The lowest BCUT2D eigenvalue weighted by molar-refractivity contribution is -0.116. The van der Waals surface area contributed by atoms with E-state index in [2.05, 4.69) is 16.3 Å². The molecule has 2 heterocycles. The molecule has 2 aromatic carbocycles. The van der Waals surface area contributed by atoms with E-state index in [4.69, 9.17) is 9.15 Å². The van der Waals surface area contributed by atoms with Crippen LogP contribution < -0.4 is 9.64 Å². The van der Waals surface area contributed by atoms with Crippen LogP contribution in [0.1, 0.15) is 11.5 Å². The molecular weight excluding hydrogens is 350 g/mol. The smallest absolute Gasteiger partial charge is 0.277 e. The molecule has 0 unspecified atom stereocenters. The fraction of sp³-hybridized carbons (Fsp3) is 0.211. The molecule has 26 heavy (non-hydrogen) atoms. The van der Waals surface area contributed by atoms with E-state index in [1.54, 1.807) is 0 Å². The maximum atomic E-state index is 12.5. The standard InChI is InChI=1S/C19H17N3O3S/c23-18(22-11-10-14-6-4-5-9-16(14)22)13-26-19-21-20-17(25-19)12-24-15-7-2-1-3-8-15/h1-9H,10-13H2. The minimum Gasteiger partial charge on any atom is -0.484 e. The molecule has 0 aliphatic carbocycles. The predicted molar refractivity (Wildman–Crippen MR) is 98.3 cm³/mol. The lowest BCUT2D eigenvalue weighted by Crippen LogP contribution is -2.30. The first kappa shape index (κ1) is 16.7. The summed E-state index contributed by atoms with van der Waals surface area (Å²) in [7, 11) is 0. The Bertz CT molecular complexity index is 898. The molecule has 0 atom stereocenters. The third-order valence-electron chi connectivity index (χ3n) is 4.06. The molecule has 1 aliphatic heterocycles. The monoisotopic (exact) mass is 367 g/mol. The lowest BCUT2D eigenvalue weighted by Gasteiger charge is -2.16. The van der Waals surface area contributed by atoms with Gasteiger partial charge in [0.05, 0.1) is 5.75 Å². The van der Waals surface area contributed by atoms with Crippen LogP contribution in [0.2, 0.25) is 0 Å². The fourth-order valence-electron chi connectivity index (χ4n) is 2.82. The highest BCUT2D eigenvalue weighted by Crippen LogP contribution is 2.28. The fourth-order valence-corrected chi connectivity index (χ4v) is 3.47. The van der Waals surface area contributed by atoms with Crippen LogP contribution >= 0.6 is 11.8 Å². The number of para-hydroxylation sites is 2. The van der Waals surface area contributed by atoms with Gasteiger partial charge in [-0.25, -0.2) is 0 Å². The summed E-state index contributed by atoms with van der Waals surface area (Å²) in [5.74, 6) is 1.42. The number of aromatic nitrogens is 2.